The number of aliphatic hydroxyl groups is 1. The van der Waals surface area contributed by atoms with Gasteiger partial charge < -0.3 is 10.4 Å². The zero-order chi connectivity index (χ0) is 12.3. The molecular weight excluding hydrogens is 218 g/mol. The molecule has 1 aromatic heterocycles. The van der Waals surface area contributed by atoms with E-state index in [1.54, 1.807) is 0 Å². The molecule has 3 heteroatoms. The molecule has 1 heterocycles. The third-order valence-corrected chi connectivity index (χ3v) is 4.38. The van der Waals surface area contributed by atoms with Crippen LogP contribution < -0.4 is 5.32 Å². The van der Waals surface area contributed by atoms with Gasteiger partial charge in [0.05, 0.1) is 5.60 Å². The van der Waals surface area contributed by atoms with Crippen molar-refractivity contribution >= 4 is 11.3 Å². The summed E-state index contributed by atoms with van der Waals surface area (Å²) >= 11 is 1.81. The minimum atomic E-state index is -0.638. The Kier molecular flexibility index (Phi) is 4.53. The Morgan fingerprint density at radius 1 is 1.38 bits per heavy atom. The van der Waals surface area contributed by atoms with E-state index in [1.165, 1.54) is 9.75 Å². The summed E-state index contributed by atoms with van der Waals surface area (Å²) in [6.45, 7) is 10.9. The summed E-state index contributed by atoms with van der Waals surface area (Å²) in [4.78, 5) is 2.66. The Balaban J connectivity index is 2.50. The van der Waals surface area contributed by atoms with Crippen molar-refractivity contribution in [2.24, 2.45) is 5.92 Å². The Labute approximate surface area is 103 Å². The van der Waals surface area contributed by atoms with Crippen molar-refractivity contribution in [2.75, 3.05) is 6.54 Å². The van der Waals surface area contributed by atoms with Crippen molar-refractivity contribution in [2.45, 2.75) is 46.3 Å². The fraction of sp³-hybridized carbons (Fsp3) is 0.692. The molecule has 2 N–H and O–H groups in total. The summed E-state index contributed by atoms with van der Waals surface area (Å²) in [6, 6.07) is 4.60. The third-order valence-electron chi connectivity index (χ3n) is 3.20. The van der Waals surface area contributed by atoms with Gasteiger partial charge in [-0.15, -0.1) is 11.3 Å². The lowest BCUT2D eigenvalue weighted by Crippen LogP contribution is -2.42. The molecule has 0 bridgehead atoms. The lowest BCUT2D eigenvalue weighted by atomic mass is 9.92. The molecule has 0 fully saturated rings. The third kappa shape index (κ3) is 3.58. The zero-order valence-electron chi connectivity index (χ0n) is 10.9. The summed E-state index contributed by atoms with van der Waals surface area (Å²) < 4.78 is 0. The van der Waals surface area contributed by atoms with Crippen molar-refractivity contribution in [3.05, 3.63) is 21.9 Å². The molecule has 0 amide bonds. The van der Waals surface area contributed by atoms with Crippen LogP contribution in [0, 0.1) is 12.8 Å². The Morgan fingerprint density at radius 3 is 2.44 bits per heavy atom. The predicted molar refractivity (Wildman–Crippen MR) is 70.9 cm³/mol. The van der Waals surface area contributed by atoms with E-state index >= 15 is 0 Å². The van der Waals surface area contributed by atoms with Crippen molar-refractivity contribution < 1.29 is 5.11 Å². The van der Waals surface area contributed by atoms with Gasteiger partial charge in [0.25, 0.3) is 0 Å². The van der Waals surface area contributed by atoms with Crippen LogP contribution in [0.2, 0.25) is 0 Å². The van der Waals surface area contributed by atoms with Gasteiger partial charge in [-0.05, 0) is 38.8 Å². The number of aryl methyl sites for hydroxylation is 1. The maximum absolute atomic E-state index is 10.1. The van der Waals surface area contributed by atoms with E-state index in [4.69, 9.17) is 0 Å². The molecule has 0 aliphatic carbocycles. The molecule has 0 aliphatic rings. The number of thiophene rings is 1. The standard InChI is InChI=1S/C13H23NOS/c1-9(2)13(5,15)8-14-11(4)12-7-6-10(3)16-12/h6-7,9,11,14-15H,8H2,1-5H3. The molecule has 0 aliphatic heterocycles. The van der Waals surface area contributed by atoms with Crippen LogP contribution in [0.5, 0.6) is 0 Å². The SMILES string of the molecule is Cc1ccc(C(C)NCC(C)(O)C(C)C)s1. The smallest absolute Gasteiger partial charge is 0.0766 e. The van der Waals surface area contributed by atoms with Crippen LogP contribution >= 0.6 is 11.3 Å². The summed E-state index contributed by atoms with van der Waals surface area (Å²) in [5, 5.41) is 13.5. The van der Waals surface area contributed by atoms with E-state index in [0.717, 1.165) is 0 Å². The topological polar surface area (TPSA) is 32.3 Å². The highest BCUT2D eigenvalue weighted by Crippen LogP contribution is 2.23. The first-order valence-corrected chi connectivity index (χ1v) is 6.66. The molecule has 0 radical (unpaired) electrons. The molecule has 1 aromatic rings. The number of hydrogen-bond donors (Lipinski definition) is 2. The molecule has 16 heavy (non-hydrogen) atoms. The number of nitrogens with one attached hydrogen (secondary N) is 1. The van der Waals surface area contributed by atoms with Gasteiger partial charge >= 0.3 is 0 Å². The van der Waals surface area contributed by atoms with Gasteiger partial charge in [0.1, 0.15) is 0 Å². The zero-order valence-corrected chi connectivity index (χ0v) is 11.7. The van der Waals surface area contributed by atoms with Crippen LogP contribution in [0.15, 0.2) is 12.1 Å². The summed E-state index contributed by atoms with van der Waals surface area (Å²) in [5.41, 5.74) is -0.638. The Bertz CT molecular complexity index is 330. The van der Waals surface area contributed by atoms with Gasteiger partial charge in [0.15, 0.2) is 0 Å². The van der Waals surface area contributed by atoms with Crippen LogP contribution in [0.4, 0.5) is 0 Å². The van der Waals surface area contributed by atoms with Gasteiger partial charge in [-0.25, -0.2) is 0 Å². The first kappa shape index (κ1) is 13.7. The highest BCUT2D eigenvalue weighted by molar-refractivity contribution is 7.12. The van der Waals surface area contributed by atoms with Crippen LogP contribution in [-0.2, 0) is 0 Å². The second kappa shape index (κ2) is 5.30. The minimum absolute atomic E-state index is 0.261. The molecule has 1 rings (SSSR count). The molecule has 0 saturated carbocycles. The van der Waals surface area contributed by atoms with Gasteiger partial charge in [-0.1, -0.05) is 13.8 Å². The fourth-order valence-electron chi connectivity index (χ4n) is 1.35. The molecule has 2 nitrogen and oxygen atoms in total. The van der Waals surface area contributed by atoms with Crippen molar-refractivity contribution in [3.8, 4) is 0 Å². The molecule has 2 unspecified atom stereocenters. The Morgan fingerprint density at radius 2 is 2.00 bits per heavy atom. The van der Waals surface area contributed by atoms with Gasteiger partial charge in [-0.2, -0.15) is 0 Å². The monoisotopic (exact) mass is 241 g/mol. The number of rotatable bonds is 5. The van der Waals surface area contributed by atoms with Gasteiger partial charge in [0.2, 0.25) is 0 Å². The molecule has 0 saturated heterocycles. The second-order valence-corrected chi connectivity index (χ2v) is 6.38. The summed E-state index contributed by atoms with van der Waals surface area (Å²) in [6.07, 6.45) is 0. The lowest BCUT2D eigenvalue weighted by molar-refractivity contribution is 0.0123. The largest absolute Gasteiger partial charge is 0.389 e. The normalized spacial score (nSPS) is 17.4. The fourth-order valence-corrected chi connectivity index (χ4v) is 2.25. The first-order chi connectivity index (χ1) is 7.33. The lowest BCUT2D eigenvalue weighted by Gasteiger charge is -2.29. The molecule has 0 aromatic carbocycles. The van der Waals surface area contributed by atoms with Crippen LogP contribution in [0.1, 0.15) is 43.5 Å². The summed E-state index contributed by atoms with van der Waals surface area (Å²) in [7, 11) is 0. The maximum atomic E-state index is 10.1. The van der Waals surface area contributed by atoms with E-state index in [2.05, 4.69) is 31.3 Å². The second-order valence-electron chi connectivity index (χ2n) is 5.06. The van der Waals surface area contributed by atoms with Crippen LogP contribution in [0.25, 0.3) is 0 Å². The summed E-state index contributed by atoms with van der Waals surface area (Å²) in [5.74, 6) is 0.261. The van der Waals surface area contributed by atoms with E-state index in [0.29, 0.717) is 12.6 Å². The first-order valence-electron chi connectivity index (χ1n) is 5.85. The van der Waals surface area contributed by atoms with E-state index < -0.39 is 5.60 Å². The predicted octanol–water partition coefficient (Wildman–Crippen LogP) is 3.11. The Hall–Kier alpha value is -0.380. The van der Waals surface area contributed by atoms with Gasteiger partial charge in [0, 0.05) is 22.3 Å². The highest BCUT2D eigenvalue weighted by atomic mass is 32.1. The van der Waals surface area contributed by atoms with Crippen LogP contribution in [-0.4, -0.2) is 17.3 Å². The van der Waals surface area contributed by atoms with E-state index in [1.807, 2.05) is 32.1 Å². The average molecular weight is 241 g/mol. The van der Waals surface area contributed by atoms with E-state index in [-0.39, 0.29) is 5.92 Å². The number of hydrogen-bond acceptors (Lipinski definition) is 3. The van der Waals surface area contributed by atoms with Crippen molar-refractivity contribution in [3.63, 3.8) is 0 Å². The highest BCUT2D eigenvalue weighted by Gasteiger charge is 2.25. The van der Waals surface area contributed by atoms with Gasteiger partial charge in [-0.3, -0.25) is 0 Å². The van der Waals surface area contributed by atoms with Crippen LogP contribution in [0.3, 0.4) is 0 Å². The molecule has 92 valence electrons. The quantitative estimate of drug-likeness (QED) is 0.830. The van der Waals surface area contributed by atoms with Crippen molar-refractivity contribution in [1.29, 1.82) is 0 Å². The molecule has 0 spiro atoms. The molecular formula is C13H23NOS. The average Bonchev–Trinajstić information content (AvgIpc) is 2.61. The minimum Gasteiger partial charge on any atom is -0.389 e. The maximum Gasteiger partial charge on any atom is 0.0766 e. The van der Waals surface area contributed by atoms with Crippen molar-refractivity contribution in [1.82, 2.24) is 5.32 Å². The van der Waals surface area contributed by atoms with E-state index in [9.17, 15) is 5.11 Å². The molecule has 2 atom stereocenters.